The molecule has 0 spiro atoms. The van der Waals surface area contributed by atoms with Crippen molar-refractivity contribution in [3.05, 3.63) is 11.3 Å². The van der Waals surface area contributed by atoms with Crippen molar-refractivity contribution in [2.24, 2.45) is 11.7 Å². The van der Waals surface area contributed by atoms with E-state index >= 15 is 0 Å². The normalized spacial score (nSPS) is 27.7. The van der Waals surface area contributed by atoms with Gasteiger partial charge in [-0.1, -0.05) is 6.42 Å². The fraction of sp³-hybridized carbons (Fsp3) is 0.769. The molecule has 1 saturated heterocycles. The van der Waals surface area contributed by atoms with Crippen molar-refractivity contribution in [3.63, 3.8) is 0 Å². The van der Waals surface area contributed by atoms with Crippen LogP contribution in [0.25, 0.3) is 0 Å². The van der Waals surface area contributed by atoms with E-state index in [1.165, 1.54) is 0 Å². The Bertz CT molecular complexity index is 596. The second kappa shape index (κ2) is 5.13. The highest BCUT2D eigenvalue weighted by molar-refractivity contribution is 7.89. The van der Waals surface area contributed by atoms with E-state index in [-0.39, 0.29) is 17.6 Å². The first kappa shape index (κ1) is 14.0. The van der Waals surface area contributed by atoms with Crippen LogP contribution in [0.2, 0.25) is 0 Å². The van der Waals surface area contributed by atoms with Crippen LogP contribution in [-0.2, 0) is 16.6 Å². The van der Waals surface area contributed by atoms with Gasteiger partial charge in [-0.15, -0.1) is 0 Å². The second-order valence-corrected chi connectivity index (χ2v) is 7.66. The maximum atomic E-state index is 12.9. The molecular formula is C13H22N4O2S. The van der Waals surface area contributed by atoms with Crippen LogP contribution < -0.4 is 5.73 Å². The van der Waals surface area contributed by atoms with Crippen LogP contribution in [0.1, 0.15) is 43.4 Å². The molecule has 1 aliphatic carbocycles. The van der Waals surface area contributed by atoms with E-state index in [9.17, 15) is 8.42 Å². The van der Waals surface area contributed by atoms with E-state index in [2.05, 4.69) is 10.2 Å². The van der Waals surface area contributed by atoms with E-state index < -0.39 is 10.0 Å². The summed E-state index contributed by atoms with van der Waals surface area (Å²) in [6.07, 6.45) is 5.36. The van der Waals surface area contributed by atoms with E-state index in [1.807, 2.05) is 6.92 Å². The predicted molar refractivity (Wildman–Crippen MR) is 75.5 cm³/mol. The third-order valence-corrected chi connectivity index (χ3v) is 6.63. The zero-order valence-corrected chi connectivity index (χ0v) is 12.6. The fourth-order valence-electron chi connectivity index (χ4n) is 3.70. The number of nitrogens with zero attached hydrogens (tertiary/aromatic N) is 2. The van der Waals surface area contributed by atoms with Gasteiger partial charge >= 0.3 is 0 Å². The minimum absolute atomic E-state index is 0.130. The van der Waals surface area contributed by atoms with E-state index in [1.54, 1.807) is 4.31 Å². The number of aryl methyl sites for hydroxylation is 1. The van der Waals surface area contributed by atoms with Gasteiger partial charge in [0.25, 0.3) is 10.0 Å². The average molecular weight is 298 g/mol. The van der Waals surface area contributed by atoms with Crippen LogP contribution in [0.15, 0.2) is 5.03 Å². The summed E-state index contributed by atoms with van der Waals surface area (Å²) >= 11 is 0. The lowest BCUT2D eigenvalue weighted by atomic mass is 9.94. The number of H-pyrrole nitrogens is 1. The maximum Gasteiger partial charge on any atom is 0.262 e. The Kier molecular flexibility index (Phi) is 3.60. The van der Waals surface area contributed by atoms with Crippen molar-refractivity contribution >= 4 is 10.0 Å². The Morgan fingerprint density at radius 1 is 1.35 bits per heavy atom. The van der Waals surface area contributed by atoms with Crippen molar-refractivity contribution in [1.82, 2.24) is 14.5 Å². The second-order valence-electron chi connectivity index (χ2n) is 5.85. The minimum atomic E-state index is -3.53. The Labute approximate surface area is 119 Å². The first-order chi connectivity index (χ1) is 9.55. The van der Waals surface area contributed by atoms with Crippen LogP contribution in [0.4, 0.5) is 0 Å². The number of hydrogen-bond donors (Lipinski definition) is 2. The van der Waals surface area contributed by atoms with Crippen LogP contribution in [-0.4, -0.2) is 35.5 Å². The molecule has 3 rings (SSSR count). The molecule has 1 aromatic heterocycles. The summed E-state index contributed by atoms with van der Waals surface area (Å²) in [5, 5.41) is 6.90. The molecule has 2 heterocycles. The zero-order chi connectivity index (χ0) is 14.3. The molecule has 6 nitrogen and oxygen atoms in total. The van der Waals surface area contributed by atoms with Crippen molar-refractivity contribution in [1.29, 1.82) is 0 Å². The monoisotopic (exact) mass is 298 g/mol. The summed E-state index contributed by atoms with van der Waals surface area (Å²) in [5.74, 6) is 0.528. The van der Waals surface area contributed by atoms with Gasteiger partial charge in [-0.2, -0.15) is 9.40 Å². The highest BCUT2D eigenvalue weighted by Gasteiger charge is 2.42. The summed E-state index contributed by atoms with van der Waals surface area (Å²) in [5.41, 5.74) is 7.04. The van der Waals surface area contributed by atoms with Crippen LogP contribution >= 0.6 is 0 Å². The summed E-state index contributed by atoms with van der Waals surface area (Å²) in [6.45, 7) is 2.61. The molecule has 1 aromatic rings. The summed E-state index contributed by atoms with van der Waals surface area (Å²) in [6, 6.07) is 0.163. The molecule has 2 atom stereocenters. The molecular weight excluding hydrogens is 276 g/mol. The number of aromatic nitrogens is 2. The molecule has 7 heteroatoms. The Hall–Kier alpha value is -0.920. The molecule has 0 amide bonds. The number of nitrogens with one attached hydrogen (secondary N) is 1. The first-order valence-electron chi connectivity index (χ1n) is 7.31. The molecule has 2 aliphatic rings. The average Bonchev–Trinajstić information content (AvgIpc) is 3.03. The van der Waals surface area contributed by atoms with Crippen molar-refractivity contribution < 1.29 is 8.42 Å². The minimum Gasteiger partial charge on any atom is -0.326 e. The Balaban J connectivity index is 1.98. The van der Waals surface area contributed by atoms with Gasteiger partial charge in [0.1, 0.15) is 0 Å². The predicted octanol–water partition coefficient (Wildman–Crippen LogP) is 1.13. The smallest absolute Gasteiger partial charge is 0.262 e. The molecule has 3 N–H and O–H groups in total. The largest absolute Gasteiger partial charge is 0.326 e. The summed E-state index contributed by atoms with van der Waals surface area (Å²) < 4.78 is 27.5. The van der Waals surface area contributed by atoms with Gasteiger partial charge < -0.3 is 5.73 Å². The van der Waals surface area contributed by atoms with Gasteiger partial charge in [0.05, 0.1) is 0 Å². The quantitative estimate of drug-likeness (QED) is 0.875. The summed E-state index contributed by atoms with van der Waals surface area (Å²) in [4.78, 5) is 0. The highest BCUT2D eigenvalue weighted by Crippen LogP contribution is 2.39. The van der Waals surface area contributed by atoms with Gasteiger partial charge in [-0.05, 0) is 38.5 Å². The number of piperidine rings is 1. The van der Waals surface area contributed by atoms with Crippen LogP contribution in [0.3, 0.4) is 0 Å². The van der Waals surface area contributed by atoms with Gasteiger partial charge in [0.15, 0.2) is 5.03 Å². The summed E-state index contributed by atoms with van der Waals surface area (Å²) in [7, 11) is -3.53. The Morgan fingerprint density at radius 2 is 2.10 bits per heavy atom. The lowest BCUT2D eigenvalue weighted by Crippen LogP contribution is -2.46. The molecule has 0 radical (unpaired) electrons. The Morgan fingerprint density at radius 3 is 2.85 bits per heavy atom. The number of aromatic amines is 1. The number of nitrogens with two attached hydrogens (primary N) is 1. The number of fused-ring (bicyclic) bond motifs is 1. The van der Waals surface area contributed by atoms with E-state index in [0.717, 1.165) is 37.8 Å². The van der Waals surface area contributed by atoms with E-state index in [0.29, 0.717) is 18.0 Å². The first-order valence-corrected chi connectivity index (χ1v) is 8.75. The van der Waals surface area contributed by atoms with Crippen molar-refractivity contribution in [2.75, 3.05) is 6.54 Å². The molecule has 1 aliphatic heterocycles. The molecule has 112 valence electrons. The van der Waals surface area contributed by atoms with Gasteiger partial charge in [-0.3, -0.25) is 5.10 Å². The number of sulfonamides is 1. The maximum absolute atomic E-state index is 12.9. The standard InChI is InChI=1S/C13H22N4O2S/c1-9-11(8-14)13(16-15-9)20(18,19)17-7-3-5-10-4-2-6-12(10)17/h10,12H,2-8,14H2,1H3,(H,15,16). The highest BCUT2D eigenvalue weighted by atomic mass is 32.2. The third-order valence-electron chi connectivity index (χ3n) is 4.74. The van der Waals surface area contributed by atoms with E-state index in [4.69, 9.17) is 5.73 Å². The van der Waals surface area contributed by atoms with Crippen LogP contribution in [0, 0.1) is 12.8 Å². The van der Waals surface area contributed by atoms with Gasteiger partial charge in [0, 0.05) is 30.4 Å². The lowest BCUT2D eigenvalue weighted by molar-refractivity contribution is 0.201. The molecule has 1 saturated carbocycles. The zero-order valence-electron chi connectivity index (χ0n) is 11.8. The lowest BCUT2D eigenvalue weighted by Gasteiger charge is -2.36. The van der Waals surface area contributed by atoms with Gasteiger partial charge in [-0.25, -0.2) is 8.42 Å². The number of hydrogen-bond acceptors (Lipinski definition) is 4. The molecule has 20 heavy (non-hydrogen) atoms. The van der Waals surface area contributed by atoms with Crippen molar-refractivity contribution in [2.45, 2.75) is 56.6 Å². The van der Waals surface area contributed by atoms with Crippen molar-refractivity contribution in [3.8, 4) is 0 Å². The van der Waals surface area contributed by atoms with Gasteiger partial charge in [0.2, 0.25) is 0 Å². The third kappa shape index (κ3) is 2.08. The van der Waals surface area contributed by atoms with Crippen LogP contribution in [0.5, 0.6) is 0 Å². The molecule has 2 fully saturated rings. The topological polar surface area (TPSA) is 92.1 Å². The molecule has 2 unspecified atom stereocenters. The molecule has 0 bridgehead atoms. The fourth-order valence-corrected chi connectivity index (χ4v) is 5.64. The number of rotatable bonds is 3. The molecule has 0 aromatic carbocycles. The SMILES string of the molecule is Cc1[nH]nc(S(=O)(=O)N2CCCC3CCCC32)c1CN.